The first kappa shape index (κ1) is 64.1. The Labute approximate surface area is 415 Å². The van der Waals surface area contributed by atoms with Crippen LogP contribution in [0.3, 0.4) is 0 Å². The van der Waals surface area contributed by atoms with Crippen molar-refractivity contribution in [3.63, 3.8) is 0 Å². The number of carbonyl (C=O) groups is 3. The van der Waals surface area contributed by atoms with Gasteiger partial charge in [-0.1, -0.05) is 248 Å². The lowest BCUT2D eigenvalue weighted by atomic mass is 10.0. The molecule has 0 spiro atoms. The summed E-state index contributed by atoms with van der Waals surface area (Å²) in [5.74, 6) is -0.912. The summed E-state index contributed by atoms with van der Waals surface area (Å²) in [5, 5.41) is 0. The van der Waals surface area contributed by atoms with Gasteiger partial charge in [-0.3, -0.25) is 14.4 Å². The maximum atomic E-state index is 12.7. The van der Waals surface area contributed by atoms with E-state index in [9.17, 15) is 14.4 Å². The van der Waals surface area contributed by atoms with Crippen LogP contribution in [0.25, 0.3) is 0 Å². The van der Waals surface area contributed by atoms with E-state index < -0.39 is 6.10 Å². The van der Waals surface area contributed by atoms with Crippen molar-refractivity contribution in [2.45, 2.75) is 297 Å². The lowest BCUT2D eigenvalue weighted by Gasteiger charge is -2.18. The summed E-state index contributed by atoms with van der Waals surface area (Å²) in [5.41, 5.74) is 0. The van der Waals surface area contributed by atoms with Crippen LogP contribution in [0.5, 0.6) is 0 Å². The zero-order chi connectivity index (χ0) is 48.6. The van der Waals surface area contributed by atoms with E-state index in [2.05, 4.69) is 81.5 Å². The third-order valence-corrected chi connectivity index (χ3v) is 12.5. The molecule has 0 bridgehead atoms. The van der Waals surface area contributed by atoms with E-state index in [-0.39, 0.29) is 31.1 Å². The van der Waals surface area contributed by atoms with Crippen molar-refractivity contribution in [3.05, 3.63) is 60.8 Å². The molecule has 6 heteroatoms. The molecule has 0 radical (unpaired) electrons. The second kappa shape index (κ2) is 55.7. The summed E-state index contributed by atoms with van der Waals surface area (Å²) in [6.07, 6.45) is 69.7. The molecular weight excluding hydrogens is 829 g/mol. The van der Waals surface area contributed by atoms with Gasteiger partial charge in [0.1, 0.15) is 13.2 Å². The lowest BCUT2D eigenvalue weighted by Crippen LogP contribution is -2.30. The summed E-state index contributed by atoms with van der Waals surface area (Å²) < 4.78 is 16.7. The Morgan fingerprint density at radius 2 is 0.582 bits per heavy atom. The highest BCUT2D eigenvalue weighted by molar-refractivity contribution is 5.71. The third kappa shape index (κ3) is 53.9. The highest BCUT2D eigenvalue weighted by Gasteiger charge is 2.19. The Balaban J connectivity index is 4.04. The number of hydrogen-bond acceptors (Lipinski definition) is 6. The minimum Gasteiger partial charge on any atom is -0.462 e. The van der Waals surface area contributed by atoms with Gasteiger partial charge in [0.2, 0.25) is 0 Å². The van der Waals surface area contributed by atoms with E-state index in [1.807, 2.05) is 0 Å². The number of hydrogen-bond donors (Lipinski definition) is 0. The Morgan fingerprint density at radius 3 is 0.925 bits per heavy atom. The predicted molar refractivity (Wildman–Crippen MR) is 288 cm³/mol. The van der Waals surface area contributed by atoms with Crippen LogP contribution in [0.15, 0.2) is 60.8 Å². The van der Waals surface area contributed by atoms with E-state index in [0.29, 0.717) is 19.3 Å². The number of carbonyl (C=O) groups excluding carboxylic acids is 3. The number of rotatable bonds is 52. The average Bonchev–Trinajstić information content (AvgIpc) is 3.33. The molecule has 0 heterocycles. The number of ether oxygens (including phenoxy) is 3. The monoisotopic (exact) mass is 937 g/mol. The summed E-state index contributed by atoms with van der Waals surface area (Å²) in [4.78, 5) is 37.8. The zero-order valence-electron chi connectivity index (χ0n) is 44.4. The molecule has 0 aliphatic heterocycles. The van der Waals surface area contributed by atoms with Crippen LogP contribution in [-0.2, 0) is 28.6 Å². The van der Waals surface area contributed by atoms with Gasteiger partial charge >= 0.3 is 17.9 Å². The van der Waals surface area contributed by atoms with Crippen LogP contribution in [0, 0.1) is 0 Å². The molecule has 0 saturated carbocycles. The van der Waals surface area contributed by atoms with Crippen molar-refractivity contribution in [1.82, 2.24) is 0 Å². The molecule has 0 aromatic rings. The van der Waals surface area contributed by atoms with Crippen LogP contribution >= 0.6 is 0 Å². The van der Waals surface area contributed by atoms with Gasteiger partial charge in [0.05, 0.1) is 0 Å². The molecule has 0 aliphatic rings. The third-order valence-electron chi connectivity index (χ3n) is 12.5. The second-order valence-electron chi connectivity index (χ2n) is 19.2. The van der Waals surface area contributed by atoms with Crippen LogP contribution in [0.1, 0.15) is 290 Å². The van der Waals surface area contributed by atoms with Crippen LogP contribution in [-0.4, -0.2) is 37.2 Å². The van der Waals surface area contributed by atoms with E-state index in [1.165, 1.54) is 161 Å². The average molecular weight is 938 g/mol. The normalized spacial score (nSPS) is 12.5. The summed E-state index contributed by atoms with van der Waals surface area (Å²) >= 11 is 0. The Bertz CT molecular complexity index is 1210. The van der Waals surface area contributed by atoms with Crippen molar-refractivity contribution in [1.29, 1.82) is 0 Å². The summed E-state index contributed by atoms with van der Waals surface area (Å²) in [6.45, 7) is 6.46. The van der Waals surface area contributed by atoms with E-state index in [4.69, 9.17) is 14.2 Å². The Morgan fingerprint density at radius 1 is 0.313 bits per heavy atom. The molecule has 6 nitrogen and oxygen atoms in total. The van der Waals surface area contributed by atoms with Gasteiger partial charge in [0.15, 0.2) is 6.10 Å². The topological polar surface area (TPSA) is 78.9 Å². The molecule has 1 atom stereocenters. The minimum absolute atomic E-state index is 0.0836. The fourth-order valence-electron chi connectivity index (χ4n) is 8.19. The highest BCUT2D eigenvalue weighted by atomic mass is 16.6. The Kier molecular flexibility index (Phi) is 53.3. The van der Waals surface area contributed by atoms with Crippen molar-refractivity contribution >= 4 is 17.9 Å². The first-order valence-corrected chi connectivity index (χ1v) is 28.8. The summed E-state index contributed by atoms with van der Waals surface area (Å²) in [6, 6.07) is 0. The highest BCUT2D eigenvalue weighted by Crippen LogP contribution is 2.16. The maximum Gasteiger partial charge on any atom is 0.306 e. The molecule has 0 amide bonds. The minimum atomic E-state index is -0.784. The molecule has 0 aromatic carbocycles. The van der Waals surface area contributed by atoms with E-state index >= 15 is 0 Å². The van der Waals surface area contributed by atoms with Crippen molar-refractivity contribution in [3.8, 4) is 0 Å². The molecular formula is C61H108O6. The smallest absolute Gasteiger partial charge is 0.306 e. The number of esters is 3. The molecule has 0 rings (SSSR count). The first-order chi connectivity index (χ1) is 33.0. The molecule has 67 heavy (non-hydrogen) atoms. The van der Waals surface area contributed by atoms with Crippen molar-refractivity contribution in [2.24, 2.45) is 0 Å². The molecule has 0 aromatic heterocycles. The standard InChI is InChI=1S/C61H108O6/c1-4-7-10-13-16-18-20-22-23-24-25-26-27-28-29-30-31-32-33-34-35-36-37-39-40-42-45-48-51-54-60(63)66-57-58(56-65-59(62)53-50-47-44-15-12-9-6-3)67-61(64)55-52-49-46-43-41-38-21-19-17-14-11-8-5-2/h8,11,17,19-20,22,24-25,38,41,58H,4-7,9-10,12-16,18,21,23,26-37,39-40,42-57H2,1-3H3/b11-8-,19-17-,22-20-,25-24-,41-38-. The van der Waals surface area contributed by atoms with Gasteiger partial charge in [-0.05, 0) is 83.5 Å². The zero-order valence-corrected chi connectivity index (χ0v) is 44.4. The van der Waals surface area contributed by atoms with Gasteiger partial charge in [-0.15, -0.1) is 0 Å². The van der Waals surface area contributed by atoms with Crippen molar-refractivity contribution in [2.75, 3.05) is 13.2 Å². The molecule has 0 N–H and O–H groups in total. The van der Waals surface area contributed by atoms with Crippen molar-refractivity contribution < 1.29 is 28.6 Å². The number of unbranched alkanes of at least 4 members (excludes halogenated alkanes) is 31. The Hall–Kier alpha value is -2.89. The van der Waals surface area contributed by atoms with Gasteiger partial charge in [-0.25, -0.2) is 0 Å². The number of allylic oxidation sites excluding steroid dienone is 10. The van der Waals surface area contributed by atoms with Gasteiger partial charge in [0.25, 0.3) is 0 Å². The predicted octanol–water partition coefficient (Wildman–Crippen LogP) is 19.2. The van der Waals surface area contributed by atoms with Crippen LogP contribution < -0.4 is 0 Å². The van der Waals surface area contributed by atoms with Gasteiger partial charge < -0.3 is 14.2 Å². The molecule has 0 fully saturated rings. The lowest BCUT2D eigenvalue weighted by molar-refractivity contribution is -0.167. The first-order valence-electron chi connectivity index (χ1n) is 28.8. The molecule has 1 unspecified atom stereocenters. The molecule has 388 valence electrons. The second-order valence-corrected chi connectivity index (χ2v) is 19.2. The van der Waals surface area contributed by atoms with Gasteiger partial charge in [0, 0.05) is 19.3 Å². The quantitative estimate of drug-likeness (QED) is 0.0262. The SMILES string of the molecule is CC/C=C\C/C=C\C/C=C\CCCCCC(=O)OC(COC(=O)CCCCCCCCC)COC(=O)CCCCCCCCCCCCCCCCCCC/C=C\C/C=C\CCCCCCC. The summed E-state index contributed by atoms with van der Waals surface area (Å²) in [7, 11) is 0. The van der Waals surface area contributed by atoms with Crippen LogP contribution in [0.4, 0.5) is 0 Å². The maximum absolute atomic E-state index is 12.7. The van der Waals surface area contributed by atoms with Crippen LogP contribution in [0.2, 0.25) is 0 Å². The van der Waals surface area contributed by atoms with E-state index in [0.717, 1.165) is 89.9 Å². The van der Waals surface area contributed by atoms with Gasteiger partial charge in [-0.2, -0.15) is 0 Å². The largest absolute Gasteiger partial charge is 0.462 e. The van der Waals surface area contributed by atoms with E-state index in [1.54, 1.807) is 0 Å². The molecule has 0 saturated heterocycles. The molecule has 0 aliphatic carbocycles. The fourth-order valence-corrected chi connectivity index (χ4v) is 8.19. The fraction of sp³-hybridized carbons (Fsp3) is 0.787.